The molecule has 0 saturated heterocycles. The molecule has 112 valence electrons. The molecule has 2 heterocycles. The van der Waals surface area contributed by atoms with E-state index in [-0.39, 0.29) is 11.3 Å². The number of nitrogens with zero attached hydrogens (tertiary/aromatic N) is 3. The van der Waals surface area contributed by atoms with Crippen LogP contribution in [0.3, 0.4) is 0 Å². The molecule has 0 radical (unpaired) electrons. The van der Waals surface area contributed by atoms with Crippen molar-refractivity contribution in [3.8, 4) is 11.3 Å². The molecule has 0 atom stereocenters. The third-order valence-electron chi connectivity index (χ3n) is 3.79. The number of pyridine rings is 1. The molecule has 0 aliphatic carbocycles. The van der Waals surface area contributed by atoms with Crippen LogP contribution in [0.5, 0.6) is 0 Å². The van der Waals surface area contributed by atoms with Crippen LogP contribution >= 0.6 is 0 Å². The Morgan fingerprint density at radius 2 is 1.86 bits per heavy atom. The maximum atomic E-state index is 11.5. The first-order valence-corrected chi connectivity index (χ1v) is 7.32. The van der Waals surface area contributed by atoms with Crippen LogP contribution in [0, 0.1) is 0 Å². The van der Waals surface area contributed by atoms with Crippen LogP contribution in [-0.4, -0.2) is 20.7 Å². The molecule has 4 heteroatoms. The van der Waals surface area contributed by atoms with Crippen molar-refractivity contribution in [2.45, 2.75) is 33.1 Å². The zero-order valence-electron chi connectivity index (χ0n) is 13.3. The summed E-state index contributed by atoms with van der Waals surface area (Å²) in [6.45, 7) is 8.02. The van der Waals surface area contributed by atoms with Crippen LogP contribution in [0.2, 0.25) is 0 Å². The molecule has 0 spiro atoms. The van der Waals surface area contributed by atoms with Crippen LogP contribution in [-0.2, 0) is 5.41 Å². The smallest absolute Gasteiger partial charge is 0.244 e. The summed E-state index contributed by atoms with van der Waals surface area (Å²) in [7, 11) is 0. The molecule has 22 heavy (non-hydrogen) atoms. The highest BCUT2D eigenvalue weighted by Crippen LogP contribution is 2.26. The lowest BCUT2D eigenvalue weighted by Crippen LogP contribution is -2.11. The summed E-state index contributed by atoms with van der Waals surface area (Å²) in [5.41, 5.74) is 4.07. The Morgan fingerprint density at radius 1 is 1.09 bits per heavy atom. The maximum absolute atomic E-state index is 11.5. The van der Waals surface area contributed by atoms with Gasteiger partial charge in [-0.1, -0.05) is 32.9 Å². The second kappa shape index (κ2) is 5.05. The van der Waals surface area contributed by atoms with Crippen LogP contribution in [0.4, 0.5) is 0 Å². The minimum absolute atomic E-state index is 0.0876. The van der Waals surface area contributed by atoms with Gasteiger partial charge in [-0.05, 0) is 29.2 Å². The molecule has 0 amide bonds. The van der Waals surface area contributed by atoms with Gasteiger partial charge < -0.3 is 0 Å². The molecule has 0 fully saturated rings. The van der Waals surface area contributed by atoms with Gasteiger partial charge in [0.2, 0.25) is 5.91 Å². The Bertz CT molecular complexity index is 839. The maximum Gasteiger partial charge on any atom is 0.244 e. The van der Waals surface area contributed by atoms with Crippen molar-refractivity contribution in [2.75, 3.05) is 0 Å². The highest BCUT2D eigenvalue weighted by atomic mass is 16.2. The topological polar surface area (TPSA) is 47.8 Å². The molecular weight excluding hydrogens is 274 g/mol. The van der Waals surface area contributed by atoms with E-state index in [0.717, 1.165) is 22.2 Å². The highest BCUT2D eigenvalue weighted by Gasteiger charge is 2.14. The van der Waals surface area contributed by atoms with Gasteiger partial charge in [0.05, 0.1) is 17.4 Å². The summed E-state index contributed by atoms with van der Waals surface area (Å²) < 4.78 is 1.41. The fourth-order valence-electron chi connectivity index (χ4n) is 2.45. The third kappa shape index (κ3) is 2.52. The van der Waals surface area contributed by atoms with Gasteiger partial charge in [-0.2, -0.15) is 5.10 Å². The van der Waals surface area contributed by atoms with E-state index in [1.54, 1.807) is 6.20 Å². The lowest BCUT2D eigenvalue weighted by Gasteiger charge is -2.18. The SMILES string of the molecule is CC(=O)n1ncc2cc(-c3ccc(C(C)(C)C)cn3)ccc21. The molecule has 3 rings (SSSR count). The molecule has 3 aromatic rings. The molecule has 1 aromatic carbocycles. The fraction of sp³-hybridized carbons (Fsp3) is 0.278. The molecule has 0 unspecified atom stereocenters. The summed E-state index contributed by atoms with van der Waals surface area (Å²) in [5, 5.41) is 5.06. The predicted molar refractivity (Wildman–Crippen MR) is 88.0 cm³/mol. The number of rotatable bonds is 1. The highest BCUT2D eigenvalue weighted by molar-refractivity contribution is 5.91. The second-order valence-corrected chi connectivity index (χ2v) is 6.53. The Labute approximate surface area is 129 Å². The van der Waals surface area contributed by atoms with Crippen molar-refractivity contribution < 1.29 is 4.79 Å². The quantitative estimate of drug-likeness (QED) is 0.680. The number of carbonyl (C=O) groups is 1. The lowest BCUT2D eigenvalue weighted by atomic mass is 9.88. The van der Waals surface area contributed by atoms with Crippen molar-refractivity contribution in [3.63, 3.8) is 0 Å². The normalized spacial score (nSPS) is 11.8. The molecular formula is C18H19N3O. The number of fused-ring (bicyclic) bond motifs is 1. The summed E-state index contributed by atoms with van der Waals surface area (Å²) in [6, 6.07) is 10.1. The zero-order valence-corrected chi connectivity index (χ0v) is 13.3. The van der Waals surface area contributed by atoms with E-state index in [2.05, 4.69) is 36.9 Å². The Kier molecular flexibility index (Phi) is 3.32. The van der Waals surface area contributed by atoms with Gasteiger partial charge in [-0.25, -0.2) is 4.68 Å². The van der Waals surface area contributed by atoms with Crippen molar-refractivity contribution in [1.82, 2.24) is 14.8 Å². The fourth-order valence-corrected chi connectivity index (χ4v) is 2.45. The van der Waals surface area contributed by atoms with E-state index in [1.807, 2.05) is 30.5 Å². The monoisotopic (exact) mass is 293 g/mol. The predicted octanol–water partition coefficient (Wildman–Crippen LogP) is 4.06. The minimum atomic E-state index is -0.0876. The number of hydrogen-bond donors (Lipinski definition) is 0. The molecule has 0 N–H and O–H groups in total. The van der Waals surface area contributed by atoms with Crippen molar-refractivity contribution >= 4 is 16.8 Å². The zero-order chi connectivity index (χ0) is 15.9. The molecule has 2 aromatic heterocycles. The van der Waals surface area contributed by atoms with E-state index in [0.29, 0.717) is 0 Å². The summed E-state index contributed by atoms with van der Waals surface area (Å²) in [5.74, 6) is -0.0876. The number of carbonyl (C=O) groups excluding carboxylic acids is 1. The average Bonchev–Trinajstić information content (AvgIpc) is 2.89. The van der Waals surface area contributed by atoms with Gasteiger partial charge in [0, 0.05) is 24.1 Å². The van der Waals surface area contributed by atoms with Crippen LogP contribution in [0.15, 0.2) is 42.7 Å². The van der Waals surface area contributed by atoms with E-state index < -0.39 is 0 Å². The number of hydrogen-bond acceptors (Lipinski definition) is 3. The standard InChI is InChI=1S/C18H19N3O/c1-12(22)21-17-8-5-13(9-14(17)10-20-21)16-7-6-15(11-19-16)18(2,3)4/h5-11H,1-4H3. The summed E-state index contributed by atoms with van der Waals surface area (Å²) >= 11 is 0. The van der Waals surface area contributed by atoms with Gasteiger partial charge in [-0.15, -0.1) is 0 Å². The molecule has 0 saturated carbocycles. The summed E-state index contributed by atoms with van der Waals surface area (Å²) in [6.07, 6.45) is 3.64. The Morgan fingerprint density at radius 3 is 2.45 bits per heavy atom. The Balaban J connectivity index is 2.02. The minimum Gasteiger partial charge on any atom is -0.273 e. The van der Waals surface area contributed by atoms with E-state index in [1.165, 1.54) is 17.2 Å². The first-order chi connectivity index (χ1) is 10.4. The molecule has 0 aliphatic rings. The van der Waals surface area contributed by atoms with Crippen molar-refractivity contribution in [3.05, 3.63) is 48.3 Å². The number of aromatic nitrogens is 3. The average molecular weight is 293 g/mol. The van der Waals surface area contributed by atoms with Gasteiger partial charge in [-0.3, -0.25) is 9.78 Å². The summed E-state index contributed by atoms with van der Waals surface area (Å²) in [4.78, 5) is 16.1. The van der Waals surface area contributed by atoms with Gasteiger partial charge in [0.1, 0.15) is 0 Å². The Hall–Kier alpha value is -2.49. The van der Waals surface area contributed by atoms with E-state index >= 15 is 0 Å². The van der Waals surface area contributed by atoms with Crippen molar-refractivity contribution in [1.29, 1.82) is 0 Å². The molecule has 0 bridgehead atoms. The van der Waals surface area contributed by atoms with Gasteiger partial charge in [0.25, 0.3) is 0 Å². The third-order valence-corrected chi connectivity index (χ3v) is 3.79. The second-order valence-electron chi connectivity index (χ2n) is 6.53. The first-order valence-electron chi connectivity index (χ1n) is 7.32. The largest absolute Gasteiger partial charge is 0.273 e. The van der Waals surface area contributed by atoms with Crippen LogP contribution in [0.1, 0.15) is 38.1 Å². The molecule has 0 aliphatic heterocycles. The molecule has 4 nitrogen and oxygen atoms in total. The van der Waals surface area contributed by atoms with Gasteiger partial charge >= 0.3 is 0 Å². The van der Waals surface area contributed by atoms with E-state index in [9.17, 15) is 4.79 Å². The van der Waals surface area contributed by atoms with Crippen molar-refractivity contribution in [2.24, 2.45) is 0 Å². The van der Waals surface area contributed by atoms with Gasteiger partial charge in [0.15, 0.2) is 0 Å². The first kappa shape index (κ1) is 14.4. The van der Waals surface area contributed by atoms with E-state index in [4.69, 9.17) is 0 Å². The van der Waals surface area contributed by atoms with Crippen LogP contribution < -0.4 is 0 Å². The van der Waals surface area contributed by atoms with Crippen LogP contribution in [0.25, 0.3) is 22.2 Å². The lowest BCUT2D eigenvalue weighted by molar-refractivity contribution is 0.0927. The number of benzene rings is 1.